The number of nitrogens with one attached hydrogen (secondary N) is 1. The lowest BCUT2D eigenvalue weighted by Gasteiger charge is -2.25. The van der Waals surface area contributed by atoms with Crippen molar-refractivity contribution in [1.82, 2.24) is 5.32 Å². The van der Waals surface area contributed by atoms with Crippen molar-refractivity contribution in [3.63, 3.8) is 0 Å². The Labute approximate surface area is 83.4 Å². The van der Waals surface area contributed by atoms with Gasteiger partial charge in [0.2, 0.25) is 0 Å². The number of aliphatic hydroxyl groups is 1. The quantitative estimate of drug-likeness (QED) is 0.622. The highest BCUT2D eigenvalue weighted by atomic mass is 16.3. The van der Waals surface area contributed by atoms with Crippen molar-refractivity contribution in [2.45, 2.75) is 25.0 Å². The standard InChI is InChI=1S/C11H15NO2/c1-11(6-8(13)7-12-11)9-4-2-3-5-10(9)14/h2-5,8,12-14H,6-7H2,1H3. The molecule has 2 atom stereocenters. The number of rotatable bonds is 1. The van der Waals surface area contributed by atoms with E-state index >= 15 is 0 Å². The Morgan fingerprint density at radius 2 is 2.14 bits per heavy atom. The first-order valence-electron chi connectivity index (χ1n) is 4.83. The average molecular weight is 193 g/mol. The summed E-state index contributed by atoms with van der Waals surface area (Å²) in [5, 5.41) is 22.4. The largest absolute Gasteiger partial charge is 0.508 e. The summed E-state index contributed by atoms with van der Waals surface area (Å²) >= 11 is 0. The second-order valence-electron chi connectivity index (χ2n) is 4.09. The van der Waals surface area contributed by atoms with Gasteiger partial charge in [-0.05, 0) is 19.4 Å². The first kappa shape index (κ1) is 9.49. The van der Waals surface area contributed by atoms with Crippen LogP contribution < -0.4 is 5.32 Å². The molecule has 1 heterocycles. The molecule has 1 aromatic carbocycles. The monoisotopic (exact) mass is 193 g/mol. The maximum Gasteiger partial charge on any atom is 0.120 e. The highest BCUT2D eigenvalue weighted by Crippen LogP contribution is 2.35. The van der Waals surface area contributed by atoms with Gasteiger partial charge in [-0.3, -0.25) is 0 Å². The van der Waals surface area contributed by atoms with E-state index in [9.17, 15) is 10.2 Å². The highest BCUT2D eigenvalue weighted by Gasteiger charge is 2.36. The summed E-state index contributed by atoms with van der Waals surface area (Å²) < 4.78 is 0. The summed E-state index contributed by atoms with van der Waals surface area (Å²) in [4.78, 5) is 0. The predicted molar refractivity (Wildman–Crippen MR) is 54.1 cm³/mol. The number of benzene rings is 1. The molecule has 2 rings (SSSR count). The zero-order valence-electron chi connectivity index (χ0n) is 8.20. The molecule has 1 saturated heterocycles. The van der Waals surface area contributed by atoms with Crippen LogP contribution in [0.4, 0.5) is 0 Å². The summed E-state index contributed by atoms with van der Waals surface area (Å²) in [5.74, 6) is 0.289. The average Bonchev–Trinajstić information content (AvgIpc) is 2.48. The molecule has 1 aliphatic rings. The molecule has 76 valence electrons. The molecule has 1 aromatic rings. The normalized spacial score (nSPS) is 32.0. The smallest absolute Gasteiger partial charge is 0.120 e. The van der Waals surface area contributed by atoms with E-state index in [1.165, 1.54) is 0 Å². The van der Waals surface area contributed by atoms with Crippen LogP contribution in [0.25, 0.3) is 0 Å². The van der Waals surface area contributed by atoms with Gasteiger partial charge in [0.25, 0.3) is 0 Å². The minimum absolute atomic E-state index is 0.289. The fourth-order valence-corrected chi connectivity index (χ4v) is 2.10. The van der Waals surface area contributed by atoms with Crippen LogP contribution in [-0.4, -0.2) is 22.9 Å². The van der Waals surface area contributed by atoms with Crippen LogP contribution in [0.2, 0.25) is 0 Å². The Hall–Kier alpha value is -1.06. The van der Waals surface area contributed by atoms with E-state index in [0.717, 1.165) is 5.56 Å². The first-order chi connectivity index (χ1) is 6.62. The third-order valence-corrected chi connectivity index (χ3v) is 2.87. The van der Waals surface area contributed by atoms with Crippen molar-refractivity contribution in [2.24, 2.45) is 0 Å². The Balaban J connectivity index is 2.35. The number of aromatic hydroxyl groups is 1. The summed E-state index contributed by atoms with van der Waals surface area (Å²) in [7, 11) is 0. The maximum absolute atomic E-state index is 9.70. The van der Waals surface area contributed by atoms with Crippen LogP contribution in [0, 0.1) is 0 Å². The Bertz CT molecular complexity index is 340. The zero-order valence-corrected chi connectivity index (χ0v) is 8.20. The molecule has 1 fully saturated rings. The van der Waals surface area contributed by atoms with Crippen molar-refractivity contribution in [1.29, 1.82) is 0 Å². The predicted octanol–water partition coefficient (Wildman–Crippen LogP) is 0.962. The molecule has 3 nitrogen and oxygen atoms in total. The van der Waals surface area contributed by atoms with Gasteiger partial charge in [0.15, 0.2) is 0 Å². The van der Waals surface area contributed by atoms with Crippen LogP contribution in [0.1, 0.15) is 18.9 Å². The van der Waals surface area contributed by atoms with Crippen molar-refractivity contribution in [3.8, 4) is 5.75 Å². The SMILES string of the molecule is CC1(c2ccccc2O)CC(O)CN1. The number of phenolic OH excluding ortho intramolecular Hbond substituents is 1. The van der Waals surface area contributed by atoms with Gasteiger partial charge >= 0.3 is 0 Å². The topological polar surface area (TPSA) is 52.5 Å². The first-order valence-corrected chi connectivity index (χ1v) is 4.83. The van der Waals surface area contributed by atoms with Gasteiger partial charge in [-0.1, -0.05) is 18.2 Å². The number of para-hydroxylation sites is 1. The third-order valence-electron chi connectivity index (χ3n) is 2.87. The fourth-order valence-electron chi connectivity index (χ4n) is 2.10. The van der Waals surface area contributed by atoms with Crippen LogP contribution >= 0.6 is 0 Å². The van der Waals surface area contributed by atoms with Crippen LogP contribution in [0.5, 0.6) is 5.75 Å². The van der Waals surface area contributed by atoms with Gasteiger partial charge in [-0.2, -0.15) is 0 Å². The molecule has 0 saturated carbocycles. The van der Waals surface area contributed by atoms with Gasteiger partial charge in [0.1, 0.15) is 5.75 Å². The molecular formula is C11H15NO2. The summed E-state index contributed by atoms with van der Waals surface area (Å²) in [6.07, 6.45) is 0.324. The Kier molecular flexibility index (Phi) is 2.21. The molecular weight excluding hydrogens is 178 g/mol. The Morgan fingerprint density at radius 3 is 2.71 bits per heavy atom. The van der Waals surface area contributed by atoms with Gasteiger partial charge in [0.05, 0.1) is 6.10 Å². The summed E-state index contributed by atoms with van der Waals surface area (Å²) in [5.41, 5.74) is 0.557. The van der Waals surface area contributed by atoms with Crippen LogP contribution in [0.15, 0.2) is 24.3 Å². The lowest BCUT2D eigenvalue weighted by molar-refractivity contribution is 0.186. The second kappa shape index (κ2) is 3.26. The van der Waals surface area contributed by atoms with Gasteiger partial charge in [-0.15, -0.1) is 0 Å². The van der Waals surface area contributed by atoms with Crippen molar-refractivity contribution < 1.29 is 10.2 Å². The van der Waals surface area contributed by atoms with E-state index in [0.29, 0.717) is 13.0 Å². The van der Waals surface area contributed by atoms with Crippen molar-refractivity contribution in [3.05, 3.63) is 29.8 Å². The molecule has 1 aliphatic heterocycles. The summed E-state index contributed by atoms with van der Waals surface area (Å²) in [6, 6.07) is 7.26. The molecule has 0 spiro atoms. The number of aliphatic hydroxyl groups excluding tert-OH is 1. The van der Waals surface area contributed by atoms with E-state index in [4.69, 9.17) is 0 Å². The second-order valence-corrected chi connectivity index (χ2v) is 4.09. The molecule has 3 heteroatoms. The lowest BCUT2D eigenvalue weighted by Crippen LogP contribution is -2.33. The Morgan fingerprint density at radius 1 is 1.43 bits per heavy atom. The molecule has 0 amide bonds. The minimum atomic E-state index is -0.320. The maximum atomic E-state index is 9.70. The fraction of sp³-hybridized carbons (Fsp3) is 0.455. The molecule has 3 N–H and O–H groups in total. The molecule has 0 aromatic heterocycles. The van der Waals surface area contributed by atoms with Crippen molar-refractivity contribution >= 4 is 0 Å². The van der Waals surface area contributed by atoms with E-state index < -0.39 is 0 Å². The zero-order chi connectivity index (χ0) is 10.2. The van der Waals surface area contributed by atoms with E-state index in [1.54, 1.807) is 12.1 Å². The highest BCUT2D eigenvalue weighted by molar-refractivity contribution is 5.38. The number of hydrogen-bond donors (Lipinski definition) is 3. The van der Waals surface area contributed by atoms with E-state index in [1.807, 2.05) is 19.1 Å². The minimum Gasteiger partial charge on any atom is -0.508 e. The molecule has 0 bridgehead atoms. The number of phenols is 1. The molecule has 2 unspecified atom stereocenters. The van der Waals surface area contributed by atoms with E-state index in [2.05, 4.69) is 5.32 Å². The number of hydrogen-bond acceptors (Lipinski definition) is 3. The molecule has 14 heavy (non-hydrogen) atoms. The third kappa shape index (κ3) is 1.49. The van der Waals surface area contributed by atoms with E-state index in [-0.39, 0.29) is 17.4 Å². The van der Waals surface area contributed by atoms with Crippen LogP contribution in [-0.2, 0) is 5.54 Å². The summed E-state index contributed by atoms with van der Waals surface area (Å²) in [6.45, 7) is 2.59. The van der Waals surface area contributed by atoms with Gasteiger partial charge in [-0.25, -0.2) is 0 Å². The van der Waals surface area contributed by atoms with Crippen molar-refractivity contribution in [2.75, 3.05) is 6.54 Å². The number of β-amino-alcohol motifs (C(OH)–C–C–N with tert-alkyl or cyclic N) is 1. The van der Waals surface area contributed by atoms with Gasteiger partial charge < -0.3 is 15.5 Å². The van der Waals surface area contributed by atoms with Crippen LogP contribution in [0.3, 0.4) is 0 Å². The molecule has 0 radical (unpaired) electrons. The van der Waals surface area contributed by atoms with Gasteiger partial charge in [0, 0.05) is 17.6 Å². The lowest BCUT2D eigenvalue weighted by atomic mass is 9.89. The molecule has 0 aliphatic carbocycles.